The summed E-state index contributed by atoms with van der Waals surface area (Å²) < 4.78 is 4.38. The number of carbonyl (C=O) groups excluding carboxylic acids is 2. The molecule has 1 N–H and O–H groups in total. The number of esters is 1. The molecule has 0 saturated carbocycles. The Morgan fingerprint density at radius 2 is 2.50 bits per heavy atom. The van der Waals surface area contributed by atoms with E-state index in [4.69, 9.17) is 5.11 Å². The second-order valence-electron chi connectivity index (χ2n) is 2.71. The quantitative estimate of drug-likeness (QED) is 0.530. The molecule has 1 aliphatic heterocycles. The first-order valence-electron chi connectivity index (χ1n) is 3.66. The summed E-state index contributed by atoms with van der Waals surface area (Å²) >= 11 is 0. The van der Waals surface area contributed by atoms with Gasteiger partial charge in [0.25, 0.3) is 0 Å². The van der Waals surface area contributed by atoms with Crippen molar-refractivity contribution in [3.05, 3.63) is 0 Å². The third-order valence-corrected chi connectivity index (χ3v) is 1.74. The lowest BCUT2D eigenvalue weighted by Crippen LogP contribution is -2.32. The summed E-state index contributed by atoms with van der Waals surface area (Å²) in [5, 5.41) is 9.04. The minimum absolute atomic E-state index is 0.0631. The zero-order valence-corrected chi connectivity index (χ0v) is 6.82. The van der Waals surface area contributed by atoms with Crippen molar-refractivity contribution in [3.8, 4) is 0 Å². The summed E-state index contributed by atoms with van der Waals surface area (Å²) in [6, 6.07) is 0. The van der Waals surface area contributed by atoms with Crippen LogP contribution in [0.4, 0.5) is 0 Å². The zero-order valence-electron chi connectivity index (χ0n) is 6.82. The molecule has 5 nitrogen and oxygen atoms in total. The molecule has 1 fully saturated rings. The van der Waals surface area contributed by atoms with Gasteiger partial charge in [0.05, 0.1) is 19.6 Å². The Bertz CT molecular complexity index is 204. The highest BCUT2D eigenvalue weighted by Gasteiger charge is 2.29. The van der Waals surface area contributed by atoms with Gasteiger partial charge in [-0.25, -0.2) is 0 Å². The Kier molecular flexibility index (Phi) is 2.65. The minimum Gasteiger partial charge on any atom is -0.468 e. The van der Waals surface area contributed by atoms with E-state index < -0.39 is 12.1 Å². The van der Waals surface area contributed by atoms with Crippen molar-refractivity contribution < 1.29 is 19.4 Å². The molecule has 1 rings (SSSR count). The Balaban J connectivity index is 2.43. The van der Waals surface area contributed by atoms with Crippen LogP contribution in [0, 0.1) is 0 Å². The second-order valence-corrected chi connectivity index (χ2v) is 2.71. The van der Waals surface area contributed by atoms with Crippen LogP contribution < -0.4 is 0 Å². The van der Waals surface area contributed by atoms with Crippen LogP contribution in [-0.2, 0) is 14.3 Å². The number of aliphatic hydroxyl groups is 1. The maximum Gasteiger partial charge on any atom is 0.325 e. The molecule has 1 saturated heterocycles. The maximum absolute atomic E-state index is 11.0. The van der Waals surface area contributed by atoms with E-state index in [1.54, 1.807) is 0 Å². The molecule has 5 heteroatoms. The van der Waals surface area contributed by atoms with Gasteiger partial charge in [0, 0.05) is 6.54 Å². The normalized spacial score (nSPS) is 23.0. The molecule has 1 atom stereocenters. The van der Waals surface area contributed by atoms with E-state index >= 15 is 0 Å². The predicted molar refractivity (Wildman–Crippen MR) is 39.2 cm³/mol. The molecule has 0 bridgehead atoms. The van der Waals surface area contributed by atoms with Gasteiger partial charge in [-0.3, -0.25) is 9.59 Å². The van der Waals surface area contributed by atoms with Crippen molar-refractivity contribution in [2.45, 2.75) is 12.5 Å². The van der Waals surface area contributed by atoms with Crippen LogP contribution in [0.3, 0.4) is 0 Å². The maximum atomic E-state index is 11.0. The molecule has 0 spiro atoms. The molecule has 1 amide bonds. The van der Waals surface area contributed by atoms with Gasteiger partial charge in [-0.2, -0.15) is 0 Å². The highest BCUT2D eigenvalue weighted by atomic mass is 16.5. The van der Waals surface area contributed by atoms with Crippen LogP contribution in [0.15, 0.2) is 0 Å². The lowest BCUT2D eigenvalue weighted by atomic mass is 10.3. The van der Waals surface area contributed by atoms with E-state index in [9.17, 15) is 9.59 Å². The number of carbonyl (C=O) groups is 2. The fourth-order valence-electron chi connectivity index (χ4n) is 1.12. The number of nitrogens with zero attached hydrogens (tertiary/aromatic N) is 1. The molecule has 0 unspecified atom stereocenters. The van der Waals surface area contributed by atoms with Gasteiger partial charge in [-0.15, -0.1) is 0 Å². The molecular formula is C7H11NO4. The van der Waals surface area contributed by atoms with Gasteiger partial charge < -0.3 is 14.7 Å². The van der Waals surface area contributed by atoms with E-state index in [2.05, 4.69) is 4.74 Å². The zero-order chi connectivity index (χ0) is 9.14. The average Bonchev–Trinajstić information content (AvgIpc) is 2.30. The molecule has 12 heavy (non-hydrogen) atoms. The first-order chi connectivity index (χ1) is 5.63. The number of ether oxygens (including phenoxy) is 1. The van der Waals surface area contributed by atoms with Crippen LogP contribution in [-0.4, -0.2) is 48.2 Å². The molecule has 0 radical (unpaired) electrons. The second kappa shape index (κ2) is 3.53. The Hall–Kier alpha value is -1.10. The topological polar surface area (TPSA) is 66.8 Å². The van der Waals surface area contributed by atoms with Crippen molar-refractivity contribution in [2.75, 3.05) is 20.2 Å². The standard InChI is InChI=1S/C7H11NO4/c1-12-7(11)4-8-3-5(9)2-6(8)10/h5,9H,2-4H2,1H3/t5-/m0/s1. The number of likely N-dealkylation sites (tertiary alicyclic amines) is 1. The van der Waals surface area contributed by atoms with Gasteiger partial charge in [0.15, 0.2) is 0 Å². The molecule has 68 valence electrons. The molecule has 1 aliphatic rings. The van der Waals surface area contributed by atoms with Crippen LogP contribution in [0.5, 0.6) is 0 Å². The number of amides is 1. The third-order valence-electron chi connectivity index (χ3n) is 1.74. The first-order valence-corrected chi connectivity index (χ1v) is 3.66. The summed E-state index contributed by atoms with van der Waals surface area (Å²) in [4.78, 5) is 23.0. The summed E-state index contributed by atoms with van der Waals surface area (Å²) in [5.74, 6) is -0.662. The lowest BCUT2D eigenvalue weighted by molar-refractivity contribution is -0.145. The summed E-state index contributed by atoms with van der Waals surface area (Å²) in [6.45, 7) is 0.167. The largest absolute Gasteiger partial charge is 0.468 e. The molecule has 0 aromatic rings. The Morgan fingerprint density at radius 1 is 1.83 bits per heavy atom. The Morgan fingerprint density at radius 3 is 2.92 bits per heavy atom. The van der Waals surface area contributed by atoms with Crippen LogP contribution in [0.25, 0.3) is 0 Å². The Labute approximate surface area is 69.9 Å². The highest BCUT2D eigenvalue weighted by molar-refractivity contribution is 5.83. The van der Waals surface area contributed by atoms with Crippen LogP contribution in [0.1, 0.15) is 6.42 Å². The number of hydrogen-bond donors (Lipinski definition) is 1. The fourth-order valence-corrected chi connectivity index (χ4v) is 1.12. The van der Waals surface area contributed by atoms with Crippen LogP contribution >= 0.6 is 0 Å². The smallest absolute Gasteiger partial charge is 0.325 e. The van der Waals surface area contributed by atoms with E-state index in [1.807, 2.05) is 0 Å². The average molecular weight is 173 g/mol. The molecular weight excluding hydrogens is 162 g/mol. The molecule has 0 aromatic carbocycles. The number of rotatable bonds is 2. The third kappa shape index (κ3) is 1.94. The van der Waals surface area contributed by atoms with Gasteiger partial charge in [0.1, 0.15) is 6.54 Å². The van der Waals surface area contributed by atoms with Crippen LogP contribution in [0.2, 0.25) is 0 Å². The van der Waals surface area contributed by atoms with Gasteiger partial charge in [0.2, 0.25) is 5.91 Å². The van der Waals surface area contributed by atoms with E-state index in [1.165, 1.54) is 12.0 Å². The molecule has 0 aromatic heterocycles. The van der Waals surface area contributed by atoms with Crippen molar-refractivity contribution in [1.29, 1.82) is 0 Å². The van der Waals surface area contributed by atoms with Crippen molar-refractivity contribution in [1.82, 2.24) is 4.90 Å². The van der Waals surface area contributed by atoms with Gasteiger partial charge >= 0.3 is 5.97 Å². The molecule has 0 aliphatic carbocycles. The monoisotopic (exact) mass is 173 g/mol. The SMILES string of the molecule is COC(=O)CN1C[C@@H](O)CC1=O. The summed E-state index contributed by atoms with van der Waals surface area (Å²) in [5.41, 5.74) is 0. The van der Waals surface area contributed by atoms with E-state index in [0.29, 0.717) is 0 Å². The van der Waals surface area contributed by atoms with E-state index in [-0.39, 0.29) is 25.4 Å². The van der Waals surface area contributed by atoms with E-state index in [0.717, 1.165) is 0 Å². The van der Waals surface area contributed by atoms with Crippen molar-refractivity contribution in [3.63, 3.8) is 0 Å². The minimum atomic E-state index is -0.637. The lowest BCUT2D eigenvalue weighted by Gasteiger charge is -2.12. The molecule has 1 heterocycles. The predicted octanol–water partition coefficient (Wildman–Crippen LogP) is -1.25. The number of methoxy groups -OCH3 is 1. The number of aliphatic hydroxyl groups excluding tert-OH is 1. The van der Waals surface area contributed by atoms with Crippen molar-refractivity contribution >= 4 is 11.9 Å². The number of hydrogen-bond acceptors (Lipinski definition) is 4. The number of β-amino-alcohol motifs (C(OH)–C–C–N with tert-alkyl or cyclic N) is 1. The summed E-state index contributed by atoms with van der Waals surface area (Å²) in [6.07, 6.45) is -0.529. The van der Waals surface area contributed by atoms with Gasteiger partial charge in [-0.05, 0) is 0 Å². The first kappa shape index (κ1) is 8.99. The van der Waals surface area contributed by atoms with Gasteiger partial charge in [-0.1, -0.05) is 0 Å². The summed E-state index contributed by atoms with van der Waals surface area (Å²) in [7, 11) is 1.26. The fraction of sp³-hybridized carbons (Fsp3) is 0.714. The van der Waals surface area contributed by atoms with Crippen molar-refractivity contribution in [2.24, 2.45) is 0 Å². The highest BCUT2D eigenvalue weighted by Crippen LogP contribution is 2.09.